The molecule has 106 valence electrons. The van der Waals surface area contributed by atoms with E-state index >= 15 is 0 Å². The highest BCUT2D eigenvalue weighted by Crippen LogP contribution is 2.23. The van der Waals surface area contributed by atoms with E-state index in [1.807, 2.05) is 0 Å². The van der Waals surface area contributed by atoms with Crippen molar-refractivity contribution in [3.63, 3.8) is 0 Å². The first kappa shape index (κ1) is 15.4. The van der Waals surface area contributed by atoms with Gasteiger partial charge in [0.15, 0.2) is 0 Å². The molecule has 3 N–H and O–H groups in total. The fourth-order valence-electron chi connectivity index (χ4n) is 2.52. The number of amides is 1. The van der Waals surface area contributed by atoms with Gasteiger partial charge in [0.05, 0.1) is 6.10 Å². The van der Waals surface area contributed by atoms with Gasteiger partial charge in [-0.2, -0.15) is 0 Å². The summed E-state index contributed by atoms with van der Waals surface area (Å²) >= 11 is 0. The van der Waals surface area contributed by atoms with Crippen LogP contribution in [0.1, 0.15) is 46.0 Å². The van der Waals surface area contributed by atoms with E-state index in [0.717, 1.165) is 25.7 Å². The van der Waals surface area contributed by atoms with Crippen LogP contribution >= 0.6 is 0 Å². The number of nitrogens with one attached hydrogen (secondary N) is 1. The minimum Gasteiger partial charge on any atom is -0.381 e. The maximum atomic E-state index is 11.8. The van der Waals surface area contributed by atoms with Crippen LogP contribution < -0.4 is 11.1 Å². The molecule has 1 fully saturated rings. The molecule has 0 bridgehead atoms. The van der Waals surface area contributed by atoms with Crippen LogP contribution in [0, 0.1) is 11.8 Å². The molecule has 1 saturated carbocycles. The van der Waals surface area contributed by atoms with E-state index in [2.05, 4.69) is 19.2 Å². The first-order valence-corrected chi connectivity index (χ1v) is 7.09. The molecule has 0 aliphatic heterocycles. The average Bonchev–Trinajstić information content (AvgIpc) is 2.28. The van der Waals surface area contributed by atoms with Crippen LogP contribution in [-0.4, -0.2) is 31.7 Å². The number of methoxy groups -OCH3 is 1. The highest BCUT2D eigenvalue weighted by molar-refractivity contribution is 5.76. The van der Waals surface area contributed by atoms with Crippen molar-refractivity contribution in [2.45, 2.75) is 58.1 Å². The van der Waals surface area contributed by atoms with E-state index in [-0.39, 0.29) is 5.91 Å². The summed E-state index contributed by atoms with van der Waals surface area (Å²) in [5.74, 6) is 1.34. The van der Waals surface area contributed by atoms with Gasteiger partial charge in [0.2, 0.25) is 5.91 Å². The Labute approximate surface area is 111 Å². The van der Waals surface area contributed by atoms with Crippen molar-refractivity contribution in [1.82, 2.24) is 5.32 Å². The maximum absolute atomic E-state index is 11.8. The molecule has 1 amide bonds. The summed E-state index contributed by atoms with van der Waals surface area (Å²) in [7, 11) is 1.72. The van der Waals surface area contributed by atoms with Crippen molar-refractivity contribution in [1.29, 1.82) is 0 Å². The maximum Gasteiger partial charge on any atom is 0.220 e. The second-order valence-electron chi connectivity index (χ2n) is 5.71. The SMILES string of the molecule is COC1CC(NC(=O)CCC(CCN)C(C)C)C1. The largest absolute Gasteiger partial charge is 0.381 e. The van der Waals surface area contributed by atoms with Crippen LogP contribution in [0.4, 0.5) is 0 Å². The normalized spacial score (nSPS) is 24.7. The summed E-state index contributed by atoms with van der Waals surface area (Å²) in [5.41, 5.74) is 5.60. The Morgan fingerprint density at radius 3 is 2.56 bits per heavy atom. The molecule has 0 spiro atoms. The fourth-order valence-corrected chi connectivity index (χ4v) is 2.52. The van der Waals surface area contributed by atoms with Crippen LogP contribution in [-0.2, 0) is 9.53 Å². The van der Waals surface area contributed by atoms with Crippen LogP contribution in [0.25, 0.3) is 0 Å². The number of carbonyl (C=O) groups is 1. The Balaban J connectivity index is 2.16. The van der Waals surface area contributed by atoms with Gasteiger partial charge in [-0.1, -0.05) is 13.8 Å². The van der Waals surface area contributed by atoms with E-state index in [4.69, 9.17) is 10.5 Å². The van der Waals surface area contributed by atoms with E-state index < -0.39 is 0 Å². The van der Waals surface area contributed by atoms with Crippen LogP contribution in [0.5, 0.6) is 0 Å². The van der Waals surface area contributed by atoms with Gasteiger partial charge in [0.1, 0.15) is 0 Å². The summed E-state index contributed by atoms with van der Waals surface area (Å²) in [5, 5.41) is 3.07. The third-order valence-electron chi connectivity index (χ3n) is 4.02. The lowest BCUT2D eigenvalue weighted by molar-refractivity contribution is -0.123. The minimum absolute atomic E-state index is 0.178. The molecule has 1 unspecified atom stereocenters. The number of nitrogens with two attached hydrogens (primary N) is 1. The zero-order chi connectivity index (χ0) is 13.5. The van der Waals surface area contributed by atoms with Gasteiger partial charge in [0, 0.05) is 19.6 Å². The second-order valence-corrected chi connectivity index (χ2v) is 5.71. The molecule has 0 aromatic heterocycles. The second kappa shape index (κ2) is 7.74. The van der Waals surface area contributed by atoms with Gasteiger partial charge in [-0.25, -0.2) is 0 Å². The average molecular weight is 256 g/mol. The molecule has 0 radical (unpaired) electrons. The van der Waals surface area contributed by atoms with Crippen molar-refractivity contribution in [3.05, 3.63) is 0 Å². The van der Waals surface area contributed by atoms with Gasteiger partial charge in [-0.15, -0.1) is 0 Å². The smallest absolute Gasteiger partial charge is 0.220 e. The molecule has 0 heterocycles. The first-order valence-electron chi connectivity index (χ1n) is 7.09. The fraction of sp³-hybridized carbons (Fsp3) is 0.929. The minimum atomic E-state index is 0.178. The third kappa shape index (κ3) is 4.94. The molecular formula is C14H28N2O2. The monoisotopic (exact) mass is 256 g/mol. The summed E-state index contributed by atoms with van der Waals surface area (Å²) in [4.78, 5) is 11.8. The van der Waals surface area contributed by atoms with E-state index in [1.54, 1.807) is 7.11 Å². The Hall–Kier alpha value is -0.610. The number of hydrogen-bond acceptors (Lipinski definition) is 3. The molecule has 1 aliphatic carbocycles. The molecule has 18 heavy (non-hydrogen) atoms. The Morgan fingerprint density at radius 1 is 1.39 bits per heavy atom. The molecule has 0 aromatic rings. The van der Waals surface area contributed by atoms with Crippen LogP contribution in [0.2, 0.25) is 0 Å². The molecule has 4 nitrogen and oxygen atoms in total. The Morgan fingerprint density at radius 2 is 2.06 bits per heavy atom. The van der Waals surface area contributed by atoms with Crippen LogP contribution in [0.15, 0.2) is 0 Å². The number of rotatable bonds is 8. The lowest BCUT2D eigenvalue weighted by Gasteiger charge is -2.34. The van der Waals surface area contributed by atoms with E-state index in [1.165, 1.54) is 0 Å². The molecule has 0 saturated heterocycles. The van der Waals surface area contributed by atoms with E-state index in [0.29, 0.717) is 36.9 Å². The zero-order valence-electron chi connectivity index (χ0n) is 11.9. The van der Waals surface area contributed by atoms with Gasteiger partial charge in [-0.05, 0) is 44.1 Å². The van der Waals surface area contributed by atoms with Gasteiger partial charge >= 0.3 is 0 Å². The molecular weight excluding hydrogens is 228 g/mol. The molecule has 1 rings (SSSR count). The van der Waals surface area contributed by atoms with Crippen molar-refractivity contribution in [3.8, 4) is 0 Å². The number of ether oxygens (including phenoxy) is 1. The summed E-state index contributed by atoms with van der Waals surface area (Å²) < 4.78 is 5.19. The van der Waals surface area contributed by atoms with Gasteiger partial charge in [-0.3, -0.25) is 4.79 Å². The highest BCUT2D eigenvalue weighted by Gasteiger charge is 2.30. The van der Waals surface area contributed by atoms with Gasteiger partial charge in [0.25, 0.3) is 0 Å². The summed E-state index contributed by atoms with van der Waals surface area (Å²) in [6, 6.07) is 0.328. The predicted molar refractivity (Wildman–Crippen MR) is 73.2 cm³/mol. The van der Waals surface area contributed by atoms with Gasteiger partial charge < -0.3 is 15.8 Å². The highest BCUT2D eigenvalue weighted by atomic mass is 16.5. The van der Waals surface area contributed by atoms with Crippen molar-refractivity contribution in [2.75, 3.05) is 13.7 Å². The van der Waals surface area contributed by atoms with Crippen molar-refractivity contribution >= 4 is 5.91 Å². The Kier molecular flexibility index (Phi) is 6.65. The van der Waals surface area contributed by atoms with Crippen molar-refractivity contribution in [2.24, 2.45) is 17.6 Å². The standard InChI is InChI=1S/C14H28N2O2/c1-10(2)11(6-7-15)4-5-14(17)16-12-8-13(9-12)18-3/h10-13H,4-9,15H2,1-3H3,(H,16,17). The topological polar surface area (TPSA) is 64.3 Å². The number of hydrogen-bond donors (Lipinski definition) is 2. The zero-order valence-corrected chi connectivity index (χ0v) is 11.9. The number of carbonyl (C=O) groups excluding carboxylic acids is 1. The van der Waals surface area contributed by atoms with Crippen molar-refractivity contribution < 1.29 is 9.53 Å². The Bertz CT molecular complexity index is 250. The lowest BCUT2D eigenvalue weighted by Crippen LogP contribution is -2.47. The quantitative estimate of drug-likeness (QED) is 0.694. The molecule has 0 aromatic carbocycles. The first-order chi connectivity index (χ1) is 8.56. The molecule has 1 aliphatic rings. The third-order valence-corrected chi connectivity index (χ3v) is 4.02. The molecule has 1 atom stereocenters. The van der Waals surface area contributed by atoms with E-state index in [9.17, 15) is 4.79 Å². The van der Waals surface area contributed by atoms with Crippen LogP contribution in [0.3, 0.4) is 0 Å². The lowest BCUT2D eigenvalue weighted by atomic mass is 9.87. The summed E-state index contributed by atoms with van der Waals surface area (Å²) in [6.07, 6.45) is 4.84. The summed E-state index contributed by atoms with van der Waals surface area (Å²) in [6.45, 7) is 5.11. The molecule has 4 heteroatoms. The predicted octanol–water partition coefficient (Wildman–Crippen LogP) is 1.68.